The molecule has 8 nitrogen and oxygen atoms in total. The number of likely N-dealkylation sites (tertiary alicyclic amines) is 1. The fourth-order valence-corrected chi connectivity index (χ4v) is 4.76. The molecule has 31 heavy (non-hydrogen) atoms. The molecule has 0 atom stereocenters. The minimum absolute atomic E-state index is 0.0607. The van der Waals surface area contributed by atoms with Crippen LogP contribution in [0.1, 0.15) is 75.7 Å². The number of hydrogen-bond acceptors (Lipinski definition) is 6. The summed E-state index contributed by atoms with van der Waals surface area (Å²) in [4.78, 5) is 34.2. The van der Waals surface area contributed by atoms with Gasteiger partial charge in [0.25, 0.3) is 5.91 Å². The smallest absolute Gasteiger partial charge is 0.410 e. The van der Waals surface area contributed by atoms with E-state index in [4.69, 9.17) is 9.47 Å². The first-order valence-corrected chi connectivity index (χ1v) is 11.6. The molecule has 2 amide bonds. The van der Waals surface area contributed by atoms with E-state index in [1.165, 1.54) is 25.2 Å². The number of hydrogen-bond donors (Lipinski definition) is 1. The summed E-state index contributed by atoms with van der Waals surface area (Å²) < 4.78 is 11.0. The average Bonchev–Trinajstić information content (AvgIpc) is 3.54. The van der Waals surface area contributed by atoms with Crippen LogP contribution in [0.15, 0.2) is 12.4 Å². The van der Waals surface area contributed by atoms with Crippen LogP contribution in [0.2, 0.25) is 0 Å². The third-order valence-electron chi connectivity index (χ3n) is 6.64. The maximum atomic E-state index is 12.0. The van der Waals surface area contributed by atoms with Crippen LogP contribution in [0.25, 0.3) is 0 Å². The van der Waals surface area contributed by atoms with Gasteiger partial charge >= 0.3 is 6.09 Å². The van der Waals surface area contributed by atoms with E-state index in [0.717, 1.165) is 57.5 Å². The molecule has 0 radical (unpaired) electrons. The molecule has 4 rings (SSSR count). The Kier molecular flexibility index (Phi) is 6.62. The summed E-state index contributed by atoms with van der Waals surface area (Å²) in [6.45, 7) is 6.02. The zero-order valence-corrected chi connectivity index (χ0v) is 18.6. The normalized spacial score (nSPS) is 20.4. The molecule has 1 aliphatic heterocycles. The Balaban J connectivity index is 1.09. The van der Waals surface area contributed by atoms with Crippen molar-refractivity contribution in [1.29, 1.82) is 0 Å². The largest absolute Gasteiger partial charge is 0.477 e. The molecule has 2 heterocycles. The molecule has 2 saturated carbocycles. The van der Waals surface area contributed by atoms with Crippen LogP contribution in [0.3, 0.4) is 0 Å². The van der Waals surface area contributed by atoms with Gasteiger partial charge in [-0.25, -0.2) is 14.8 Å². The lowest BCUT2D eigenvalue weighted by Gasteiger charge is -2.52. The second-order valence-corrected chi connectivity index (χ2v) is 9.67. The Bertz CT molecular complexity index is 762. The van der Waals surface area contributed by atoms with Crippen molar-refractivity contribution in [2.45, 2.75) is 77.4 Å². The van der Waals surface area contributed by atoms with E-state index >= 15 is 0 Å². The van der Waals surface area contributed by atoms with Crippen molar-refractivity contribution in [2.75, 3.05) is 19.7 Å². The molecule has 1 saturated heterocycles. The molecular formula is C23H34N4O4. The van der Waals surface area contributed by atoms with E-state index in [-0.39, 0.29) is 18.1 Å². The Morgan fingerprint density at radius 1 is 1.19 bits per heavy atom. The fourth-order valence-electron chi connectivity index (χ4n) is 4.76. The molecule has 0 bridgehead atoms. The van der Waals surface area contributed by atoms with Crippen LogP contribution >= 0.6 is 0 Å². The van der Waals surface area contributed by atoms with Gasteiger partial charge in [-0.1, -0.05) is 0 Å². The van der Waals surface area contributed by atoms with Gasteiger partial charge in [0.2, 0.25) is 5.88 Å². The van der Waals surface area contributed by atoms with Crippen LogP contribution in [0, 0.1) is 11.3 Å². The van der Waals surface area contributed by atoms with Crippen LogP contribution in [-0.2, 0) is 4.74 Å². The Morgan fingerprint density at radius 2 is 1.94 bits per heavy atom. The van der Waals surface area contributed by atoms with E-state index in [9.17, 15) is 9.59 Å². The van der Waals surface area contributed by atoms with Gasteiger partial charge in [-0.3, -0.25) is 4.79 Å². The number of nitrogens with one attached hydrogen (secondary N) is 1. The molecule has 0 aromatic carbocycles. The summed E-state index contributed by atoms with van der Waals surface area (Å²) in [5.41, 5.74) is 0.769. The number of aromatic nitrogens is 2. The summed E-state index contributed by atoms with van der Waals surface area (Å²) in [6, 6.07) is 0.310. The SMILES string of the molecule is CC(C)OC(=O)N1CCC2(CC1)CC(CCCOc1cnc(C(=O)NC3CC3)cn1)C2. The summed E-state index contributed by atoms with van der Waals surface area (Å²) >= 11 is 0. The van der Waals surface area contributed by atoms with Gasteiger partial charge in [0, 0.05) is 19.1 Å². The summed E-state index contributed by atoms with van der Waals surface area (Å²) in [5, 5.41) is 2.90. The molecular weight excluding hydrogens is 396 g/mol. The first-order chi connectivity index (χ1) is 14.9. The first-order valence-electron chi connectivity index (χ1n) is 11.6. The van der Waals surface area contributed by atoms with Crippen molar-refractivity contribution in [3.05, 3.63) is 18.1 Å². The fraction of sp³-hybridized carbons (Fsp3) is 0.739. The van der Waals surface area contributed by atoms with Crippen molar-refractivity contribution in [3.8, 4) is 5.88 Å². The van der Waals surface area contributed by atoms with Crippen molar-refractivity contribution >= 4 is 12.0 Å². The third-order valence-corrected chi connectivity index (χ3v) is 6.64. The minimum atomic E-state index is -0.169. The van der Waals surface area contributed by atoms with Crippen LogP contribution in [0.5, 0.6) is 5.88 Å². The highest BCUT2D eigenvalue weighted by Gasteiger charge is 2.46. The number of amides is 2. The Hall–Kier alpha value is -2.38. The maximum Gasteiger partial charge on any atom is 0.410 e. The lowest BCUT2D eigenvalue weighted by molar-refractivity contribution is -0.0204. The monoisotopic (exact) mass is 430 g/mol. The lowest BCUT2D eigenvalue weighted by Crippen LogP contribution is -2.49. The van der Waals surface area contributed by atoms with Gasteiger partial charge in [0.15, 0.2) is 0 Å². The van der Waals surface area contributed by atoms with Gasteiger partial charge in [0.05, 0.1) is 25.1 Å². The highest BCUT2D eigenvalue weighted by molar-refractivity contribution is 5.92. The van der Waals surface area contributed by atoms with Crippen molar-refractivity contribution in [2.24, 2.45) is 11.3 Å². The molecule has 1 N–H and O–H groups in total. The number of piperidine rings is 1. The number of nitrogens with zero attached hydrogens (tertiary/aromatic N) is 3. The van der Waals surface area contributed by atoms with Gasteiger partial charge in [-0.15, -0.1) is 0 Å². The summed E-state index contributed by atoms with van der Waals surface area (Å²) in [6.07, 6.45) is 11.7. The number of ether oxygens (including phenoxy) is 2. The zero-order chi connectivity index (χ0) is 21.8. The quantitative estimate of drug-likeness (QED) is 0.634. The van der Waals surface area contributed by atoms with Crippen molar-refractivity contribution in [1.82, 2.24) is 20.2 Å². The molecule has 1 aromatic rings. The summed E-state index contributed by atoms with van der Waals surface area (Å²) in [7, 11) is 0. The predicted molar refractivity (Wildman–Crippen MR) is 115 cm³/mol. The molecule has 3 fully saturated rings. The van der Waals surface area contributed by atoms with Crippen LogP contribution in [0.4, 0.5) is 4.79 Å². The molecule has 0 unspecified atom stereocenters. The zero-order valence-electron chi connectivity index (χ0n) is 18.6. The molecule has 8 heteroatoms. The van der Waals surface area contributed by atoms with Gasteiger partial charge < -0.3 is 19.7 Å². The van der Waals surface area contributed by atoms with Crippen molar-refractivity contribution in [3.63, 3.8) is 0 Å². The van der Waals surface area contributed by atoms with Crippen LogP contribution in [-0.4, -0.2) is 58.7 Å². The standard InChI is InChI=1S/C23H34N4O4/c1-16(2)31-22(29)27-9-7-23(8-10-27)12-17(13-23)4-3-11-30-20-15-24-19(14-25-20)21(28)26-18-5-6-18/h14-18H,3-13H2,1-2H3,(H,26,28). The van der Waals surface area contributed by atoms with E-state index in [0.29, 0.717) is 29.6 Å². The number of rotatable bonds is 8. The maximum absolute atomic E-state index is 12.0. The third kappa shape index (κ3) is 5.86. The van der Waals surface area contributed by atoms with E-state index in [1.54, 1.807) is 0 Å². The topological polar surface area (TPSA) is 93.6 Å². The van der Waals surface area contributed by atoms with Gasteiger partial charge in [-0.2, -0.15) is 0 Å². The minimum Gasteiger partial charge on any atom is -0.477 e. The lowest BCUT2D eigenvalue weighted by atomic mass is 9.56. The van der Waals surface area contributed by atoms with Crippen molar-refractivity contribution < 1.29 is 19.1 Å². The highest BCUT2D eigenvalue weighted by Crippen LogP contribution is 2.54. The summed E-state index contributed by atoms with van der Waals surface area (Å²) in [5.74, 6) is 1.05. The second kappa shape index (κ2) is 9.40. The first kappa shape index (κ1) is 21.8. The highest BCUT2D eigenvalue weighted by atomic mass is 16.6. The molecule has 3 aliphatic rings. The van der Waals surface area contributed by atoms with E-state index < -0.39 is 0 Å². The Labute approximate surface area is 184 Å². The number of carbonyl (C=O) groups excluding carboxylic acids is 2. The number of carbonyl (C=O) groups is 2. The Morgan fingerprint density at radius 3 is 2.55 bits per heavy atom. The molecule has 1 spiro atoms. The predicted octanol–water partition coefficient (Wildman–Crippen LogP) is 3.57. The average molecular weight is 431 g/mol. The second-order valence-electron chi connectivity index (χ2n) is 9.67. The van der Waals surface area contributed by atoms with Gasteiger partial charge in [0.1, 0.15) is 5.69 Å². The molecule has 170 valence electrons. The van der Waals surface area contributed by atoms with Crippen LogP contribution < -0.4 is 10.1 Å². The van der Waals surface area contributed by atoms with E-state index in [2.05, 4.69) is 15.3 Å². The molecule has 2 aliphatic carbocycles. The van der Waals surface area contributed by atoms with E-state index in [1.807, 2.05) is 18.7 Å². The molecule has 1 aromatic heterocycles. The van der Waals surface area contributed by atoms with Gasteiger partial charge in [-0.05, 0) is 76.5 Å².